The molecule has 0 spiro atoms. The largest absolute Gasteiger partial charge is 0.444 e. The van der Waals surface area contributed by atoms with Gasteiger partial charge in [-0.2, -0.15) is 0 Å². The molecule has 37 heavy (non-hydrogen) atoms. The van der Waals surface area contributed by atoms with Gasteiger partial charge in [-0.3, -0.25) is 24.3 Å². The Morgan fingerprint density at radius 2 is 1.62 bits per heavy atom. The number of ether oxygens (including phenoxy) is 1. The number of pyridine rings is 1. The number of hydrogen-bond donors (Lipinski definition) is 2. The van der Waals surface area contributed by atoms with Crippen LogP contribution in [0.4, 0.5) is 10.5 Å². The molecule has 0 saturated carbocycles. The topological polar surface area (TPSA) is 118 Å². The van der Waals surface area contributed by atoms with Crippen molar-refractivity contribution in [3.05, 3.63) is 71.9 Å². The molecule has 0 bridgehead atoms. The average molecular weight is 503 g/mol. The molecule has 192 valence electrons. The third-order valence-electron chi connectivity index (χ3n) is 5.90. The lowest BCUT2D eigenvalue weighted by Gasteiger charge is -2.25. The summed E-state index contributed by atoms with van der Waals surface area (Å²) >= 11 is 0. The number of amides is 4. The number of nitrogens with zero attached hydrogens (tertiary/aromatic N) is 2. The lowest BCUT2D eigenvalue weighted by Crippen LogP contribution is -2.47. The van der Waals surface area contributed by atoms with Crippen LogP contribution in [0.1, 0.15) is 60.7 Å². The second kappa shape index (κ2) is 10.8. The highest BCUT2D eigenvalue weighted by Crippen LogP contribution is 2.28. The number of unbranched alkanes of at least 4 members (excludes halogenated alkanes) is 1. The van der Waals surface area contributed by atoms with Gasteiger partial charge in [0.1, 0.15) is 11.6 Å². The molecule has 1 aliphatic rings. The molecule has 1 aliphatic heterocycles. The maximum Gasteiger partial charge on any atom is 0.407 e. The SMILES string of the molecule is CC(C)(C)OC(=O)NCCCC[C@@H](C(=O)Nc1cccc2cccnc12)N1C(=O)c2ccccc2C1=O. The van der Waals surface area contributed by atoms with Crippen LogP contribution in [0.5, 0.6) is 0 Å². The molecule has 4 rings (SSSR count). The van der Waals surface area contributed by atoms with E-state index in [0.29, 0.717) is 30.6 Å². The Hall–Kier alpha value is -4.27. The number of carbonyl (C=O) groups is 4. The molecule has 9 nitrogen and oxygen atoms in total. The predicted octanol–water partition coefficient (Wildman–Crippen LogP) is 4.53. The fourth-order valence-electron chi connectivity index (χ4n) is 4.26. The third-order valence-corrected chi connectivity index (χ3v) is 5.90. The van der Waals surface area contributed by atoms with Crippen molar-refractivity contribution in [1.29, 1.82) is 0 Å². The van der Waals surface area contributed by atoms with Gasteiger partial charge in [0.15, 0.2) is 0 Å². The molecule has 0 radical (unpaired) electrons. The normalized spacial score (nSPS) is 13.9. The Morgan fingerprint density at radius 1 is 0.946 bits per heavy atom. The summed E-state index contributed by atoms with van der Waals surface area (Å²) in [5, 5.41) is 6.42. The fraction of sp³-hybridized carbons (Fsp3) is 0.321. The number of benzene rings is 2. The van der Waals surface area contributed by atoms with Crippen molar-refractivity contribution in [1.82, 2.24) is 15.2 Å². The zero-order valence-corrected chi connectivity index (χ0v) is 21.1. The van der Waals surface area contributed by atoms with Gasteiger partial charge < -0.3 is 15.4 Å². The Labute approximate surface area is 215 Å². The molecular formula is C28H30N4O5. The Morgan fingerprint density at radius 3 is 2.30 bits per heavy atom. The Kier molecular flexibility index (Phi) is 7.52. The van der Waals surface area contributed by atoms with Crippen molar-refractivity contribution >= 4 is 40.4 Å². The second-order valence-corrected chi connectivity index (χ2v) is 9.84. The van der Waals surface area contributed by atoms with Crippen molar-refractivity contribution in [2.75, 3.05) is 11.9 Å². The van der Waals surface area contributed by atoms with Gasteiger partial charge >= 0.3 is 6.09 Å². The lowest BCUT2D eigenvalue weighted by atomic mass is 10.1. The molecule has 0 fully saturated rings. The number of hydrogen-bond acceptors (Lipinski definition) is 6. The van der Waals surface area contributed by atoms with Crippen LogP contribution in [0.2, 0.25) is 0 Å². The van der Waals surface area contributed by atoms with Crippen LogP contribution in [0.3, 0.4) is 0 Å². The van der Waals surface area contributed by atoms with Crippen LogP contribution in [0, 0.1) is 0 Å². The zero-order chi connectivity index (χ0) is 26.6. The van der Waals surface area contributed by atoms with Crippen LogP contribution < -0.4 is 10.6 Å². The van der Waals surface area contributed by atoms with Crippen molar-refractivity contribution in [2.45, 2.75) is 51.7 Å². The highest BCUT2D eigenvalue weighted by Gasteiger charge is 2.42. The molecule has 1 aromatic heterocycles. The monoisotopic (exact) mass is 502 g/mol. The van der Waals surface area contributed by atoms with E-state index < -0.39 is 35.5 Å². The first-order valence-electron chi connectivity index (χ1n) is 12.2. The van der Waals surface area contributed by atoms with Gasteiger partial charge in [-0.15, -0.1) is 0 Å². The van der Waals surface area contributed by atoms with Gasteiger partial charge in [-0.1, -0.05) is 30.3 Å². The summed E-state index contributed by atoms with van der Waals surface area (Å²) in [6.07, 6.45) is 2.35. The van der Waals surface area contributed by atoms with Crippen LogP contribution >= 0.6 is 0 Å². The minimum Gasteiger partial charge on any atom is -0.444 e. The van der Waals surface area contributed by atoms with E-state index >= 15 is 0 Å². The quantitative estimate of drug-likeness (QED) is 0.345. The lowest BCUT2D eigenvalue weighted by molar-refractivity contribution is -0.120. The summed E-state index contributed by atoms with van der Waals surface area (Å²) in [6, 6.07) is 14.6. The molecule has 2 heterocycles. The van der Waals surface area contributed by atoms with Crippen molar-refractivity contribution in [3.8, 4) is 0 Å². The van der Waals surface area contributed by atoms with Crippen LogP contribution in [0.15, 0.2) is 60.8 Å². The first-order chi connectivity index (χ1) is 17.7. The van der Waals surface area contributed by atoms with Gasteiger partial charge in [0.25, 0.3) is 11.8 Å². The smallest absolute Gasteiger partial charge is 0.407 e. The number of alkyl carbamates (subject to hydrolysis) is 1. The summed E-state index contributed by atoms with van der Waals surface area (Å²) in [7, 11) is 0. The van der Waals surface area contributed by atoms with E-state index in [2.05, 4.69) is 15.6 Å². The number of rotatable bonds is 8. The summed E-state index contributed by atoms with van der Waals surface area (Å²) in [5.41, 5.74) is 1.07. The highest BCUT2D eigenvalue weighted by atomic mass is 16.6. The van der Waals surface area contributed by atoms with Gasteiger partial charge in [0, 0.05) is 18.1 Å². The molecule has 3 aromatic rings. The molecular weight excluding hydrogens is 472 g/mol. The molecule has 2 N–H and O–H groups in total. The number of anilines is 1. The van der Waals surface area contributed by atoms with E-state index in [1.807, 2.05) is 12.1 Å². The molecule has 1 atom stereocenters. The number of aromatic nitrogens is 1. The standard InChI is InChI=1S/C28H30N4O5/c1-28(2,3)37-27(36)30-16-7-6-15-22(32-25(34)19-12-4-5-13-20(19)26(32)35)24(33)31-21-14-8-10-18-11-9-17-29-23(18)21/h4-5,8-14,17,22H,6-7,15-16H2,1-3H3,(H,30,36)(H,31,33)/t22-/m0/s1. The van der Waals surface area contributed by atoms with E-state index in [1.165, 1.54) is 0 Å². The molecule has 9 heteroatoms. The molecule has 0 aliphatic carbocycles. The number of fused-ring (bicyclic) bond motifs is 2. The summed E-state index contributed by atoms with van der Waals surface area (Å²) in [5.74, 6) is -1.47. The van der Waals surface area contributed by atoms with Gasteiger partial charge in [-0.05, 0) is 64.3 Å². The zero-order valence-electron chi connectivity index (χ0n) is 21.1. The van der Waals surface area contributed by atoms with Crippen molar-refractivity contribution < 1.29 is 23.9 Å². The summed E-state index contributed by atoms with van der Waals surface area (Å²) < 4.78 is 5.23. The van der Waals surface area contributed by atoms with Gasteiger partial charge in [0.2, 0.25) is 5.91 Å². The minimum absolute atomic E-state index is 0.228. The van der Waals surface area contributed by atoms with Crippen molar-refractivity contribution in [3.63, 3.8) is 0 Å². The summed E-state index contributed by atoms with van der Waals surface area (Å²) in [6.45, 7) is 5.68. The number of carbonyl (C=O) groups excluding carboxylic acids is 4. The van der Waals surface area contributed by atoms with E-state index in [0.717, 1.165) is 10.3 Å². The number of imide groups is 1. The maximum atomic E-state index is 13.5. The minimum atomic E-state index is -1.03. The fourth-order valence-corrected chi connectivity index (χ4v) is 4.26. The molecule has 0 unspecified atom stereocenters. The first kappa shape index (κ1) is 25.8. The van der Waals surface area contributed by atoms with Gasteiger partial charge in [0.05, 0.1) is 22.3 Å². The Bertz CT molecular complexity index is 1310. The van der Waals surface area contributed by atoms with E-state index in [9.17, 15) is 19.2 Å². The highest BCUT2D eigenvalue weighted by molar-refractivity contribution is 6.23. The number of nitrogens with one attached hydrogen (secondary N) is 2. The average Bonchev–Trinajstić information content (AvgIpc) is 3.10. The van der Waals surface area contributed by atoms with Crippen molar-refractivity contribution in [2.24, 2.45) is 0 Å². The van der Waals surface area contributed by atoms with Crippen LogP contribution in [-0.4, -0.2) is 51.9 Å². The molecule has 0 saturated heterocycles. The Balaban J connectivity index is 1.49. The van der Waals surface area contributed by atoms with E-state index in [-0.39, 0.29) is 17.5 Å². The molecule has 4 amide bonds. The molecule has 2 aromatic carbocycles. The second-order valence-electron chi connectivity index (χ2n) is 9.84. The van der Waals surface area contributed by atoms with E-state index in [4.69, 9.17) is 4.74 Å². The maximum absolute atomic E-state index is 13.5. The van der Waals surface area contributed by atoms with Gasteiger partial charge in [-0.25, -0.2) is 4.79 Å². The summed E-state index contributed by atoms with van der Waals surface area (Å²) in [4.78, 5) is 57.2. The predicted molar refractivity (Wildman–Crippen MR) is 139 cm³/mol. The first-order valence-corrected chi connectivity index (χ1v) is 12.2. The third kappa shape index (κ3) is 5.94. The number of para-hydroxylation sites is 1. The van der Waals surface area contributed by atoms with Crippen LogP contribution in [-0.2, 0) is 9.53 Å². The van der Waals surface area contributed by atoms with Crippen LogP contribution in [0.25, 0.3) is 10.9 Å². The van der Waals surface area contributed by atoms with E-state index in [1.54, 1.807) is 69.4 Å².